The van der Waals surface area contributed by atoms with Gasteiger partial charge in [-0.1, -0.05) is 18.2 Å². The molecule has 1 saturated heterocycles. The molecule has 0 aromatic heterocycles. The number of rotatable bonds is 4. The van der Waals surface area contributed by atoms with Crippen molar-refractivity contribution < 1.29 is 4.74 Å². The van der Waals surface area contributed by atoms with Crippen molar-refractivity contribution in [3.05, 3.63) is 29.8 Å². The van der Waals surface area contributed by atoms with Crippen molar-refractivity contribution >= 4 is 0 Å². The van der Waals surface area contributed by atoms with Gasteiger partial charge in [-0.05, 0) is 50.4 Å². The smallest absolute Gasteiger partial charge is 0.122 e. The van der Waals surface area contributed by atoms with Crippen molar-refractivity contribution in [2.24, 2.45) is 11.7 Å². The number of para-hydroxylation sites is 1. The second-order valence-corrected chi connectivity index (χ2v) is 4.83. The third-order valence-electron chi connectivity index (χ3n) is 3.51. The minimum Gasteiger partial charge on any atom is -0.492 e. The predicted molar refractivity (Wildman–Crippen MR) is 70.2 cm³/mol. The molecule has 0 spiro atoms. The second kappa shape index (κ2) is 6.03. The molecule has 94 valence electrons. The van der Waals surface area contributed by atoms with Gasteiger partial charge in [-0.2, -0.15) is 0 Å². The number of benzene rings is 1. The van der Waals surface area contributed by atoms with E-state index in [1.807, 2.05) is 18.2 Å². The molecule has 1 aromatic rings. The van der Waals surface area contributed by atoms with Crippen LogP contribution in [0.1, 0.15) is 18.4 Å². The maximum Gasteiger partial charge on any atom is 0.122 e. The van der Waals surface area contributed by atoms with Crippen LogP contribution < -0.4 is 15.8 Å². The number of hydrogen-bond acceptors (Lipinski definition) is 3. The van der Waals surface area contributed by atoms with E-state index in [9.17, 15) is 0 Å². The van der Waals surface area contributed by atoms with Gasteiger partial charge in [0.1, 0.15) is 12.4 Å². The van der Waals surface area contributed by atoms with Crippen LogP contribution in [0.15, 0.2) is 24.3 Å². The van der Waals surface area contributed by atoms with Crippen LogP contribution >= 0.6 is 0 Å². The van der Waals surface area contributed by atoms with E-state index >= 15 is 0 Å². The SMILES string of the molecule is Cc1ccccc1OCC(N)C1CCNCC1. The lowest BCUT2D eigenvalue weighted by Gasteiger charge is -2.28. The fraction of sp³-hybridized carbons (Fsp3) is 0.571. The molecule has 0 saturated carbocycles. The summed E-state index contributed by atoms with van der Waals surface area (Å²) < 4.78 is 5.81. The molecule has 1 atom stereocenters. The third-order valence-corrected chi connectivity index (χ3v) is 3.51. The summed E-state index contributed by atoms with van der Waals surface area (Å²) in [6, 6.07) is 8.24. The maximum absolute atomic E-state index is 6.19. The Hall–Kier alpha value is -1.06. The topological polar surface area (TPSA) is 47.3 Å². The van der Waals surface area contributed by atoms with Crippen molar-refractivity contribution in [1.29, 1.82) is 0 Å². The van der Waals surface area contributed by atoms with Gasteiger partial charge in [0.15, 0.2) is 0 Å². The quantitative estimate of drug-likeness (QED) is 0.833. The first-order chi connectivity index (χ1) is 8.27. The van der Waals surface area contributed by atoms with E-state index in [4.69, 9.17) is 10.5 Å². The summed E-state index contributed by atoms with van der Waals surface area (Å²) in [6.07, 6.45) is 2.33. The molecule has 0 amide bonds. The highest BCUT2D eigenvalue weighted by Gasteiger charge is 2.20. The lowest BCUT2D eigenvalue weighted by molar-refractivity contribution is 0.218. The predicted octanol–water partition coefficient (Wildman–Crippen LogP) is 1.70. The van der Waals surface area contributed by atoms with Crippen LogP contribution in [-0.4, -0.2) is 25.7 Å². The summed E-state index contributed by atoms with van der Waals surface area (Å²) in [5.41, 5.74) is 7.36. The normalized spacial score (nSPS) is 18.9. The highest BCUT2D eigenvalue weighted by Crippen LogP contribution is 2.19. The van der Waals surface area contributed by atoms with Crippen LogP contribution in [0.25, 0.3) is 0 Å². The van der Waals surface area contributed by atoms with Gasteiger partial charge in [-0.3, -0.25) is 0 Å². The first-order valence-corrected chi connectivity index (χ1v) is 6.42. The molecule has 0 radical (unpaired) electrons. The van der Waals surface area contributed by atoms with E-state index in [0.717, 1.165) is 31.7 Å². The first kappa shape index (κ1) is 12.4. The summed E-state index contributed by atoms with van der Waals surface area (Å²) in [5.74, 6) is 1.55. The fourth-order valence-corrected chi connectivity index (χ4v) is 2.31. The highest BCUT2D eigenvalue weighted by molar-refractivity contribution is 5.31. The minimum absolute atomic E-state index is 0.150. The Kier molecular flexibility index (Phi) is 4.40. The van der Waals surface area contributed by atoms with E-state index in [0.29, 0.717) is 12.5 Å². The standard InChI is InChI=1S/C14H22N2O/c1-11-4-2-3-5-14(11)17-10-13(15)12-6-8-16-9-7-12/h2-5,12-13,16H,6-10,15H2,1H3. The van der Waals surface area contributed by atoms with Crippen LogP contribution in [0.5, 0.6) is 5.75 Å². The molecule has 1 unspecified atom stereocenters. The molecule has 0 bridgehead atoms. The second-order valence-electron chi connectivity index (χ2n) is 4.83. The number of ether oxygens (including phenoxy) is 1. The summed E-state index contributed by atoms with van der Waals surface area (Å²) in [7, 11) is 0. The monoisotopic (exact) mass is 234 g/mol. The molecular weight excluding hydrogens is 212 g/mol. The Morgan fingerprint density at radius 3 is 2.76 bits per heavy atom. The highest BCUT2D eigenvalue weighted by atomic mass is 16.5. The Morgan fingerprint density at radius 1 is 1.35 bits per heavy atom. The Labute approximate surface area is 103 Å². The minimum atomic E-state index is 0.150. The lowest BCUT2D eigenvalue weighted by atomic mass is 9.91. The molecule has 17 heavy (non-hydrogen) atoms. The molecule has 1 fully saturated rings. The number of aryl methyl sites for hydroxylation is 1. The fourth-order valence-electron chi connectivity index (χ4n) is 2.31. The Morgan fingerprint density at radius 2 is 2.06 bits per heavy atom. The van der Waals surface area contributed by atoms with Gasteiger partial charge in [0.2, 0.25) is 0 Å². The third kappa shape index (κ3) is 3.45. The molecule has 2 rings (SSSR count). The van der Waals surface area contributed by atoms with Gasteiger partial charge in [-0.25, -0.2) is 0 Å². The van der Waals surface area contributed by atoms with E-state index in [-0.39, 0.29) is 6.04 Å². The van der Waals surface area contributed by atoms with Gasteiger partial charge in [-0.15, -0.1) is 0 Å². The summed E-state index contributed by atoms with van der Waals surface area (Å²) in [4.78, 5) is 0. The zero-order chi connectivity index (χ0) is 12.1. The van der Waals surface area contributed by atoms with Crippen LogP contribution in [0.4, 0.5) is 0 Å². The molecule has 1 heterocycles. The number of nitrogens with one attached hydrogen (secondary N) is 1. The molecule has 1 aromatic carbocycles. The van der Waals surface area contributed by atoms with Gasteiger partial charge >= 0.3 is 0 Å². The molecule has 0 aliphatic carbocycles. The van der Waals surface area contributed by atoms with Crippen molar-refractivity contribution in [2.75, 3.05) is 19.7 Å². The van der Waals surface area contributed by atoms with Gasteiger partial charge < -0.3 is 15.8 Å². The summed E-state index contributed by atoms with van der Waals surface area (Å²) >= 11 is 0. The Bertz CT molecular complexity index is 348. The van der Waals surface area contributed by atoms with E-state index in [1.54, 1.807) is 0 Å². The van der Waals surface area contributed by atoms with Crippen LogP contribution in [0.3, 0.4) is 0 Å². The molecule has 3 nitrogen and oxygen atoms in total. The zero-order valence-electron chi connectivity index (χ0n) is 10.5. The molecule has 1 aliphatic heterocycles. The summed E-state index contributed by atoms with van der Waals surface area (Å²) in [5, 5.41) is 3.36. The van der Waals surface area contributed by atoms with E-state index in [2.05, 4.69) is 18.3 Å². The van der Waals surface area contributed by atoms with E-state index in [1.165, 1.54) is 5.56 Å². The van der Waals surface area contributed by atoms with Crippen LogP contribution in [-0.2, 0) is 0 Å². The van der Waals surface area contributed by atoms with Gasteiger partial charge in [0.05, 0.1) is 0 Å². The van der Waals surface area contributed by atoms with Crippen LogP contribution in [0.2, 0.25) is 0 Å². The molecule has 3 heteroatoms. The van der Waals surface area contributed by atoms with Crippen LogP contribution in [0, 0.1) is 12.8 Å². The first-order valence-electron chi connectivity index (χ1n) is 6.42. The summed E-state index contributed by atoms with van der Waals surface area (Å²) in [6.45, 7) is 4.85. The number of nitrogens with two attached hydrogens (primary N) is 1. The van der Waals surface area contributed by atoms with Gasteiger partial charge in [0, 0.05) is 6.04 Å². The Balaban J connectivity index is 1.83. The molecular formula is C14H22N2O. The lowest BCUT2D eigenvalue weighted by Crippen LogP contribution is -2.41. The maximum atomic E-state index is 6.19. The van der Waals surface area contributed by atoms with E-state index < -0.39 is 0 Å². The van der Waals surface area contributed by atoms with Crippen molar-refractivity contribution in [3.8, 4) is 5.75 Å². The number of hydrogen-bond donors (Lipinski definition) is 2. The molecule has 3 N–H and O–H groups in total. The average Bonchev–Trinajstić information content (AvgIpc) is 2.38. The van der Waals surface area contributed by atoms with Gasteiger partial charge in [0.25, 0.3) is 0 Å². The van der Waals surface area contributed by atoms with Crippen molar-refractivity contribution in [1.82, 2.24) is 5.32 Å². The molecule has 1 aliphatic rings. The average molecular weight is 234 g/mol. The van der Waals surface area contributed by atoms with Crippen molar-refractivity contribution in [2.45, 2.75) is 25.8 Å². The van der Waals surface area contributed by atoms with Crippen molar-refractivity contribution in [3.63, 3.8) is 0 Å². The largest absolute Gasteiger partial charge is 0.492 e. The number of piperidine rings is 1. The zero-order valence-corrected chi connectivity index (χ0v) is 10.5.